The van der Waals surface area contributed by atoms with E-state index in [9.17, 15) is 0 Å². The van der Waals surface area contributed by atoms with Crippen LogP contribution in [0.15, 0.2) is 36.5 Å². The zero-order chi connectivity index (χ0) is 14.9. The number of aromatic nitrogens is 2. The standard InChI is InChI=1S/C16H24N4O/c1-20(2)9-11-21-10-8-17-12-15-13-18-19-16(15)14-6-4-3-5-7-14/h3-7,13,17H,8-12H2,1-2H3,(H,18,19). The summed E-state index contributed by atoms with van der Waals surface area (Å²) in [5.74, 6) is 0. The number of H-pyrrole nitrogens is 1. The third-order valence-corrected chi connectivity index (χ3v) is 3.20. The first-order valence-corrected chi connectivity index (χ1v) is 7.28. The number of hydrogen-bond donors (Lipinski definition) is 2. The molecule has 1 aromatic heterocycles. The summed E-state index contributed by atoms with van der Waals surface area (Å²) in [7, 11) is 4.09. The molecule has 5 nitrogen and oxygen atoms in total. The third-order valence-electron chi connectivity index (χ3n) is 3.20. The Bertz CT molecular complexity index is 510. The van der Waals surface area contributed by atoms with Crippen LogP contribution in [0, 0.1) is 0 Å². The molecule has 0 bridgehead atoms. The van der Waals surface area contributed by atoms with Gasteiger partial charge in [-0.2, -0.15) is 5.10 Å². The molecule has 0 atom stereocenters. The van der Waals surface area contributed by atoms with Gasteiger partial charge in [-0.05, 0) is 19.7 Å². The quantitative estimate of drug-likeness (QED) is 0.690. The molecule has 21 heavy (non-hydrogen) atoms. The first-order chi connectivity index (χ1) is 10.3. The van der Waals surface area contributed by atoms with Crippen LogP contribution in [0.2, 0.25) is 0 Å². The summed E-state index contributed by atoms with van der Waals surface area (Å²) >= 11 is 0. The lowest BCUT2D eigenvalue weighted by Crippen LogP contribution is -2.23. The van der Waals surface area contributed by atoms with Gasteiger partial charge in [-0.3, -0.25) is 5.10 Å². The second-order valence-corrected chi connectivity index (χ2v) is 5.23. The van der Waals surface area contributed by atoms with E-state index in [1.807, 2.05) is 38.5 Å². The van der Waals surface area contributed by atoms with Crippen LogP contribution in [0.4, 0.5) is 0 Å². The topological polar surface area (TPSA) is 53.2 Å². The van der Waals surface area contributed by atoms with Gasteiger partial charge in [0, 0.05) is 25.2 Å². The molecular weight excluding hydrogens is 264 g/mol. The van der Waals surface area contributed by atoms with Crippen molar-refractivity contribution in [2.45, 2.75) is 6.54 Å². The minimum atomic E-state index is 0.729. The van der Waals surface area contributed by atoms with Crippen molar-refractivity contribution in [2.75, 3.05) is 40.4 Å². The Hall–Kier alpha value is -1.69. The Labute approximate surface area is 126 Å². The molecule has 0 aliphatic rings. The Balaban J connectivity index is 1.71. The highest BCUT2D eigenvalue weighted by molar-refractivity contribution is 5.62. The highest BCUT2D eigenvalue weighted by atomic mass is 16.5. The summed E-state index contributed by atoms with van der Waals surface area (Å²) in [6.07, 6.45) is 1.88. The summed E-state index contributed by atoms with van der Waals surface area (Å²) in [6, 6.07) is 10.3. The maximum absolute atomic E-state index is 5.55. The highest BCUT2D eigenvalue weighted by Crippen LogP contribution is 2.20. The van der Waals surface area contributed by atoms with E-state index in [1.54, 1.807) is 0 Å². The van der Waals surface area contributed by atoms with Crippen molar-refractivity contribution < 1.29 is 4.74 Å². The van der Waals surface area contributed by atoms with Crippen molar-refractivity contribution >= 4 is 0 Å². The van der Waals surface area contributed by atoms with Gasteiger partial charge < -0.3 is 15.0 Å². The van der Waals surface area contributed by atoms with E-state index >= 15 is 0 Å². The number of likely N-dealkylation sites (N-methyl/N-ethyl adjacent to an activating group) is 1. The Morgan fingerprint density at radius 1 is 1.19 bits per heavy atom. The fourth-order valence-corrected chi connectivity index (χ4v) is 2.02. The fourth-order valence-electron chi connectivity index (χ4n) is 2.02. The molecule has 0 aliphatic carbocycles. The zero-order valence-corrected chi connectivity index (χ0v) is 12.8. The molecule has 2 aromatic rings. The van der Waals surface area contributed by atoms with Crippen molar-refractivity contribution in [1.29, 1.82) is 0 Å². The number of rotatable bonds is 9. The van der Waals surface area contributed by atoms with Gasteiger partial charge in [-0.15, -0.1) is 0 Å². The summed E-state index contributed by atoms with van der Waals surface area (Å²) in [6.45, 7) is 4.09. The van der Waals surface area contributed by atoms with Crippen LogP contribution < -0.4 is 5.32 Å². The first kappa shape index (κ1) is 15.7. The normalized spacial score (nSPS) is 11.2. The lowest BCUT2D eigenvalue weighted by atomic mass is 10.1. The average Bonchev–Trinajstić information content (AvgIpc) is 2.95. The van der Waals surface area contributed by atoms with Gasteiger partial charge in [-0.1, -0.05) is 30.3 Å². The molecule has 0 spiro atoms. The maximum atomic E-state index is 5.55. The zero-order valence-electron chi connectivity index (χ0n) is 12.8. The van der Waals surface area contributed by atoms with Crippen LogP contribution in [0.5, 0.6) is 0 Å². The lowest BCUT2D eigenvalue weighted by molar-refractivity contribution is 0.119. The number of nitrogens with one attached hydrogen (secondary N) is 2. The molecule has 5 heteroatoms. The van der Waals surface area contributed by atoms with E-state index in [1.165, 1.54) is 5.56 Å². The summed E-state index contributed by atoms with van der Waals surface area (Å²) in [4.78, 5) is 2.12. The van der Waals surface area contributed by atoms with Crippen LogP contribution in [-0.4, -0.2) is 55.5 Å². The highest BCUT2D eigenvalue weighted by Gasteiger charge is 2.06. The molecule has 0 amide bonds. The van der Waals surface area contributed by atoms with Crippen LogP contribution >= 0.6 is 0 Å². The second kappa shape index (κ2) is 8.56. The van der Waals surface area contributed by atoms with Gasteiger partial charge in [0.05, 0.1) is 25.1 Å². The predicted octanol–water partition coefficient (Wildman–Crippen LogP) is 1.74. The van der Waals surface area contributed by atoms with E-state index in [0.29, 0.717) is 0 Å². The number of hydrogen-bond acceptors (Lipinski definition) is 4. The fraction of sp³-hybridized carbons (Fsp3) is 0.438. The Kier molecular flexibility index (Phi) is 6.40. The predicted molar refractivity (Wildman–Crippen MR) is 85.1 cm³/mol. The van der Waals surface area contributed by atoms with Gasteiger partial charge in [0.1, 0.15) is 0 Å². The third kappa shape index (κ3) is 5.30. The molecule has 0 radical (unpaired) electrons. The largest absolute Gasteiger partial charge is 0.379 e. The van der Waals surface area contributed by atoms with Crippen molar-refractivity contribution in [2.24, 2.45) is 0 Å². The second-order valence-electron chi connectivity index (χ2n) is 5.23. The number of aromatic amines is 1. The number of benzene rings is 1. The Morgan fingerprint density at radius 3 is 2.76 bits per heavy atom. The molecule has 114 valence electrons. The average molecular weight is 288 g/mol. The van der Waals surface area contributed by atoms with Crippen molar-refractivity contribution in [3.63, 3.8) is 0 Å². The van der Waals surface area contributed by atoms with E-state index in [0.717, 1.165) is 44.1 Å². The van der Waals surface area contributed by atoms with Crippen molar-refractivity contribution in [3.8, 4) is 11.3 Å². The van der Waals surface area contributed by atoms with Crippen LogP contribution in [0.25, 0.3) is 11.3 Å². The first-order valence-electron chi connectivity index (χ1n) is 7.28. The molecule has 0 unspecified atom stereocenters. The van der Waals surface area contributed by atoms with Crippen molar-refractivity contribution in [1.82, 2.24) is 20.4 Å². The van der Waals surface area contributed by atoms with Crippen LogP contribution in [-0.2, 0) is 11.3 Å². The monoisotopic (exact) mass is 288 g/mol. The number of ether oxygens (including phenoxy) is 1. The van der Waals surface area contributed by atoms with E-state index in [4.69, 9.17) is 4.74 Å². The molecule has 0 aliphatic heterocycles. The summed E-state index contributed by atoms with van der Waals surface area (Å²) < 4.78 is 5.55. The van der Waals surface area contributed by atoms with Gasteiger partial charge in [0.2, 0.25) is 0 Å². The van der Waals surface area contributed by atoms with Crippen molar-refractivity contribution in [3.05, 3.63) is 42.1 Å². The molecule has 0 fully saturated rings. The van der Waals surface area contributed by atoms with E-state index in [2.05, 4.69) is 32.5 Å². The minimum Gasteiger partial charge on any atom is -0.379 e. The van der Waals surface area contributed by atoms with Gasteiger partial charge in [0.15, 0.2) is 0 Å². The van der Waals surface area contributed by atoms with Crippen LogP contribution in [0.3, 0.4) is 0 Å². The molecule has 1 heterocycles. The Morgan fingerprint density at radius 2 is 2.00 bits per heavy atom. The maximum Gasteiger partial charge on any atom is 0.0695 e. The van der Waals surface area contributed by atoms with Gasteiger partial charge >= 0.3 is 0 Å². The van der Waals surface area contributed by atoms with Gasteiger partial charge in [-0.25, -0.2) is 0 Å². The lowest BCUT2D eigenvalue weighted by Gasteiger charge is -2.10. The molecule has 2 rings (SSSR count). The van der Waals surface area contributed by atoms with Crippen LogP contribution in [0.1, 0.15) is 5.56 Å². The summed E-state index contributed by atoms with van der Waals surface area (Å²) in [5.41, 5.74) is 3.42. The molecule has 0 saturated heterocycles. The minimum absolute atomic E-state index is 0.729. The van der Waals surface area contributed by atoms with Gasteiger partial charge in [0.25, 0.3) is 0 Å². The molecule has 2 N–H and O–H groups in total. The molecule has 1 aromatic carbocycles. The molecular formula is C16H24N4O. The number of nitrogens with zero attached hydrogens (tertiary/aromatic N) is 2. The summed E-state index contributed by atoms with van der Waals surface area (Å²) in [5, 5.41) is 10.6. The van der Waals surface area contributed by atoms with E-state index in [-0.39, 0.29) is 0 Å². The smallest absolute Gasteiger partial charge is 0.0695 e. The van der Waals surface area contributed by atoms with E-state index < -0.39 is 0 Å². The SMILES string of the molecule is CN(C)CCOCCNCc1cn[nH]c1-c1ccccc1. The molecule has 0 saturated carbocycles.